The molecule has 5 heteroatoms. The summed E-state index contributed by atoms with van der Waals surface area (Å²) in [6.07, 6.45) is 2.77. The van der Waals surface area contributed by atoms with Gasteiger partial charge in [0.25, 0.3) is 0 Å². The minimum Gasteiger partial charge on any atom is -0.508 e. The second-order valence-electron chi connectivity index (χ2n) is 3.49. The minimum absolute atomic E-state index is 0.145. The average molecular weight is 235 g/mol. The molecule has 1 amide bonds. The maximum atomic E-state index is 11.3. The third kappa shape index (κ3) is 4.38. The largest absolute Gasteiger partial charge is 0.508 e. The van der Waals surface area contributed by atoms with Crippen LogP contribution < -0.4 is 5.32 Å². The quantitative estimate of drug-likeness (QED) is 0.679. The van der Waals surface area contributed by atoms with Gasteiger partial charge in [-0.15, -0.1) is 0 Å². The Morgan fingerprint density at radius 3 is 2.41 bits per heavy atom. The number of carboxylic acids is 1. The van der Waals surface area contributed by atoms with E-state index in [1.54, 1.807) is 12.1 Å². The van der Waals surface area contributed by atoms with Crippen molar-refractivity contribution in [1.82, 2.24) is 5.32 Å². The molecule has 0 bridgehead atoms. The zero-order valence-corrected chi connectivity index (χ0v) is 9.25. The van der Waals surface area contributed by atoms with E-state index in [1.165, 1.54) is 31.2 Å². The first kappa shape index (κ1) is 12.8. The Morgan fingerprint density at radius 1 is 1.29 bits per heavy atom. The normalized spacial score (nSPS) is 12.3. The molecule has 90 valence electrons. The molecule has 0 aromatic heterocycles. The van der Waals surface area contributed by atoms with Gasteiger partial charge in [0.15, 0.2) is 0 Å². The summed E-state index contributed by atoms with van der Waals surface area (Å²) in [5, 5.41) is 19.9. The van der Waals surface area contributed by atoms with Crippen LogP contribution in [-0.4, -0.2) is 28.1 Å². The van der Waals surface area contributed by atoms with E-state index in [0.717, 1.165) is 5.56 Å². The lowest BCUT2D eigenvalue weighted by atomic mass is 10.2. The van der Waals surface area contributed by atoms with E-state index in [4.69, 9.17) is 10.2 Å². The van der Waals surface area contributed by atoms with Gasteiger partial charge in [-0.3, -0.25) is 9.59 Å². The molecule has 0 aliphatic rings. The van der Waals surface area contributed by atoms with Crippen molar-refractivity contribution in [1.29, 1.82) is 0 Å². The molecule has 17 heavy (non-hydrogen) atoms. The molecule has 0 saturated heterocycles. The van der Waals surface area contributed by atoms with Crippen LogP contribution in [0.3, 0.4) is 0 Å². The van der Waals surface area contributed by atoms with E-state index >= 15 is 0 Å². The number of carboxylic acid groups (broad SMARTS) is 1. The number of hydrogen-bond donors (Lipinski definition) is 3. The van der Waals surface area contributed by atoms with Crippen molar-refractivity contribution in [2.45, 2.75) is 13.0 Å². The SMILES string of the molecule is CC(NC(=O)C=Cc1ccc(O)cc1)C(=O)O. The molecule has 1 atom stereocenters. The van der Waals surface area contributed by atoms with Crippen molar-refractivity contribution >= 4 is 18.0 Å². The zero-order valence-electron chi connectivity index (χ0n) is 9.25. The lowest BCUT2D eigenvalue weighted by Gasteiger charge is -2.05. The first-order valence-corrected chi connectivity index (χ1v) is 4.99. The molecule has 1 unspecified atom stereocenters. The molecule has 0 radical (unpaired) electrons. The van der Waals surface area contributed by atoms with E-state index < -0.39 is 17.9 Å². The Bertz CT molecular complexity index is 436. The van der Waals surface area contributed by atoms with Crippen LogP contribution in [0.4, 0.5) is 0 Å². The number of nitrogens with one attached hydrogen (secondary N) is 1. The highest BCUT2D eigenvalue weighted by atomic mass is 16.4. The van der Waals surface area contributed by atoms with E-state index in [1.807, 2.05) is 0 Å². The Kier molecular flexibility index (Phi) is 4.28. The van der Waals surface area contributed by atoms with Gasteiger partial charge in [-0.05, 0) is 30.7 Å². The van der Waals surface area contributed by atoms with Crippen LogP contribution in [0.25, 0.3) is 6.08 Å². The van der Waals surface area contributed by atoms with E-state index in [-0.39, 0.29) is 5.75 Å². The molecule has 0 fully saturated rings. The lowest BCUT2D eigenvalue weighted by Crippen LogP contribution is -2.37. The third-order valence-electron chi connectivity index (χ3n) is 2.05. The molecule has 0 aliphatic carbocycles. The van der Waals surface area contributed by atoms with Crippen LogP contribution in [0.1, 0.15) is 12.5 Å². The summed E-state index contributed by atoms with van der Waals surface area (Å²) in [7, 11) is 0. The van der Waals surface area contributed by atoms with E-state index in [9.17, 15) is 9.59 Å². The summed E-state index contributed by atoms with van der Waals surface area (Å²) >= 11 is 0. The van der Waals surface area contributed by atoms with Gasteiger partial charge in [0.1, 0.15) is 11.8 Å². The van der Waals surface area contributed by atoms with Crippen molar-refractivity contribution in [3.63, 3.8) is 0 Å². The van der Waals surface area contributed by atoms with Crippen molar-refractivity contribution in [3.8, 4) is 5.75 Å². The summed E-state index contributed by atoms with van der Waals surface area (Å²) < 4.78 is 0. The molecule has 1 aromatic rings. The lowest BCUT2D eigenvalue weighted by molar-refractivity contribution is -0.140. The van der Waals surface area contributed by atoms with Crippen LogP contribution in [0, 0.1) is 0 Å². The van der Waals surface area contributed by atoms with Crippen molar-refractivity contribution in [2.24, 2.45) is 0 Å². The van der Waals surface area contributed by atoms with Gasteiger partial charge in [-0.2, -0.15) is 0 Å². The zero-order chi connectivity index (χ0) is 12.8. The standard InChI is InChI=1S/C12H13NO4/c1-8(12(16)17)13-11(15)7-4-9-2-5-10(14)6-3-9/h2-8,14H,1H3,(H,13,15)(H,16,17). The highest BCUT2D eigenvalue weighted by molar-refractivity contribution is 5.94. The predicted molar refractivity (Wildman–Crippen MR) is 62.4 cm³/mol. The summed E-state index contributed by atoms with van der Waals surface area (Å²) in [5.41, 5.74) is 0.737. The third-order valence-corrected chi connectivity index (χ3v) is 2.05. The average Bonchev–Trinajstić information content (AvgIpc) is 2.28. The number of carbonyl (C=O) groups excluding carboxylic acids is 1. The van der Waals surface area contributed by atoms with Crippen molar-refractivity contribution in [3.05, 3.63) is 35.9 Å². The Morgan fingerprint density at radius 2 is 1.88 bits per heavy atom. The number of aliphatic carboxylic acids is 1. The molecule has 3 N–H and O–H groups in total. The van der Waals surface area contributed by atoms with E-state index in [2.05, 4.69) is 5.32 Å². The van der Waals surface area contributed by atoms with Crippen molar-refractivity contribution < 1.29 is 19.8 Å². The fourth-order valence-electron chi connectivity index (χ4n) is 1.08. The summed E-state index contributed by atoms with van der Waals surface area (Å²) in [6, 6.07) is 5.35. The fourth-order valence-corrected chi connectivity index (χ4v) is 1.08. The number of rotatable bonds is 4. The highest BCUT2D eigenvalue weighted by Crippen LogP contribution is 2.10. The first-order chi connectivity index (χ1) is 7.99. The number of aromatic hydroxyl groups is 1. The number of phenolic OH excluding ortho intramolecular Hbond substituents is 1. The summed E-state index contributed by atoms with van der Waals surface area (Å²) in [5.74, 6) is -1.42. The van der Waals surface area contributed by atoms with Gasteiger partial charge in [-0.25, -0.2) is 0 Å². The minimum atomic E-state index is -1.09. The Balaban J connectivity index is 2.56. The second-order valence-corrected chi connectivity index (χ2v) is 3.49. The molecular formula is C12H13NO4. The van der Waals surface area contributed by atoms with Gasteiger partial charge >= 0.3 is 5.97 Å². The Hall–Kier alpha value is -2.30. The molecule has 0 aliphatic heterocycles. The molecular weight excluding hydrogens is 222 g/mol. The van der Waals surface area contributed by atoms with Gasteiger partial charge in [0, 0.05) is 6.08 Å². The van der Waals surface area contributed by atoms with Crippen LogP contribution in [0.2, 0.25) is 0 Å². The highest BCUT2D eigenvalue weighted by Gasteiger charge is 2.11. The van der Waals surface area contributed by atoms with E-state index in [0.29, 0.717) is 0 Å². The number of phenols is 1. The molecule has 0 heterocycles. The maximum Gasteiger partial charge on any atom is 0.325 e. The van der Waals surface area contributed by atoms with Crippen LogP contribution >= 0.6 is 0 Å². The molecule has 5 nitrogen and oxygen atoms in total. The van der Waals surface area contributed by atoms with Crippen LogP contribution in [0.15, 0.2) is 30.3 Å². The summed E-state index contributed by atoms with van der Waals surface area (Å²) in [4.78, 5) is 21.8. The number of carbonyl (C=O) groups is 2. The van der Waals surface area contributed by atoms with Crippen LogP contribution in [0.5, 0.6) is 5.75 Å². The Labute approximate surface area is 98.4 Å². The second kappa shape index (κ2) is 5.69. The molecule has 0 spiro atoms. The van der Waals surface area contributed by atoms with Gasteiger partial charge < -0.3 is 15.5 Å². The number of amides is 1. The number of benzene rings is 1. The summed E-state index contributed by atoms with van der Waals surface area (Å²) in [6.45, 7) is 1.38. The topological polar surface area (TPSA) is 86.6 Å². The monoisotopic (exact) mass is 235 g/mol. The molecule has 0 saturated carbocycles. The molecule has 1 aromatic carbocycles. The van der Waals surface area contributed by atoms with Crippen molar-refractivity contribution in [2.75, 3.05) is 0 Å². The first-order valence-electron chi connectivity index (χ1n) is 4.99. The van der Waals surface area contributed by atoms with Crippen LogP contribution in [-0.2, 0) is 9.59 Å². The van der Waals surface area contributed by atoms with Gasteiger partial charge in [-0.1, -0.05) is 12.1 Å². The van der Waals surface area contributed by atoms with Gasteiger partial charge in [0.05, 0.1) is 0 Å². The molecule has 1 rings (SSSR count). The number of hydrogen-bond acceptors (Lipinski definition) is 3. The predicted octanol–water partition coefficient (Wildman–Crippen LogP) is 0.995. The maximum absolute atomic E-state index is 11.3. The van der Waals surface area contributed by atoms with Gasteiger partial charge in [0.2, 0.25) is 5.91 Å². The fraction of sp³-hybridized carbons (Fsp3) is 0.167. The smallest absolute Gasteiger partial charge is 0.325 e.